The Morgan fingerprint density at radius 1 is 1.00 bits per heavy atom. The molecule has 0 aliphatic carbocycles. The fraction of sp³-hybridized carbons (Fsp3) is 0.0952. The number of benzene rings is 3. The Labute approximate surface area is 160 Å². The number of nitrogens with one attached hydrogen (secondary N) is 2. The molecule has 0 unspecified atom stereocenters. The quantitative estimate of drug-likeness (QED) is 0.530. The van der Waals surface area contributed by atoms with E-state index in [1.54, 1.807) is 24.3 Å². The Kier molecular flexibility index (Phi) is 4.41. The van der Waals surface area contributed by atoms with E-state index in [2.05, 4.69) is 15.5 Å². The number of rotatable bonds is 4. The number of carbonyl (C=O) groups excluding carboxylic acids is 2. The number of H-pyrrole nitrogens is 1. The molecule has 0 saturated carbocycles. The van der Waals surface area contributed by atoms with Crippen LogP contribution in [0.25, 0.3) is 21.7 Å². The first-order valence-electron chi connectivity index (χ1n) is 8.55. The lowest BCUT2D eigenvalue weighted by molar-refractivity contribution is 0.0596. The summed E-state index contributed by atoms with van der Waals surface area (Å²) < 4.78 is 10.1. The van der Waals surface area contributed by atoms with Crippen molar-refractivity contribution in [2.45, 2.75) is 0 Å². The molecule has 7 heteroatoms. The number of amides is 1. The predicted molar refractivity (Wildman–Crippen MR) is 106 cm³/mol. The summed E-state index contributed by atoms with van der Waals surface area (Å²) in [4.78, 5) is 24.7. The highest BCUT2D eigenvalue weighted by Gasteiger charge is 2.17. The first-order chi connectivity index (χ1) is 13.6. The Morgan fingerprint density at radius 3 is 2.46 bits per heavy atom. The molecule has 0 spiro atoms. The molecule has 0 aliphatic heterocycles. The summed E-state index contributed by atoms with van der Waals surface area (Å²) in [7, 11) is 2.82. The van der Waals surface area contributed by atoms with Crippen LogP contribution < -0.4 is 10.1 Å². The zero-order chi connectivity index (χ0) is 19.7. The molecule has 0 saturated heterocycles. The molecular formula is C21H17N3O4. The van der Waals surface area contributed by atoms with Gasteiger partial charge in [-0.25, -0.2) is 4.79 Å². The van der Waals surface area contributed by atoms with E-state index in [9.17, 15) is 9.59 Å². The van der Waals surface area contributed by atoms with Gasteiger partial charge >= 0.3 is 5.97 Å². The summed E-state index contributed by atoms with van der Waals surface area (Å²) in [6, 6.07) is 16.5. The SMILES string of the molecule is COC(=O)c1n[nH]c2ccc(NC(=O)c3cc4ccccc4cc3OC)cc12. The molecule has 1 amide bonds. The molecule has 0 fully saturated rings. The second kappa shape index (κ2) is 7.03. The standard InChI is InChI=1S/C21H17N3O4/c1-27-18-10-13-6-4-3-5-12(13)9-16(18)20(25)22-14-7-8-17-15(11-14)19(24-23-17)21(26)28-2/h3-11H,1-2H3,(H,22,25)(H,23,24). The number of carbonyl (C=O) groups is 2. The van der Waals surface area contributed by atoms with Gasteiger partial charge in [-0.05, 0) is 41.1 Å². The van der Waals surface area contributed by atoms with Crippen LogP contribution in [-0.4, -0.2) is 36.3 Å². The van der Waals surface area contributed by atoms with Gasteiger partial charge < -0.3 is 14.8 Å². The fourth-order valence-electron chi connectivity index (χ4n) is 3.11. The van der Waals surface area contributed by atoms with Gasteiger partial charge in [0.1, 0.15) is 5.75 Å². The maximum Gasteiger partial charge on any atom is 0.359 e. The maximum absolute atomic E-state index is 12.9. The van der Waals surface area contributed by atoms with Crippen LogP contribution in [-0.2, 0) is 4.74 Å². The largest absolute Gasteiger partial charge is 0.496 e. The number of hydrogen-bond donors (Lipinski definition) is 2. The van der Waals surface area contributed by atoms with Gasteiger partial charge in [0.2, 0.25) is 0 Å². The lowest BCUT2D eigenvalue weighted by atomic mass is 10.1. The molecule has 28 heavy (non-hydrogen) atoms. The minimum atomic E-state index is -0.550. The van der Waals surface area contributed by atoms with Crippen molar-refractivity contribution in [3.63, 3.8) is 0 Å². The minimum absolute atomic E-state index is 0.164. The van der Waals surface area contributed by atoms with Crippen molar-refractivity contribution in [3.05, 3.63) is 65.9 Å². The molecule has 7 nitrogen and oxygen atoms in total. The fourth-order valence-corrected chi connectivity index (χ4v) is 3.11. The summed E-state index contributed by atoms with van der Waals surface area (Å²) in [5.74, 6) is -0.383. The Balaban J connectivity index is 1.70. The lowest BCUT2D eigenvalue weighted by Gasteiger charge is -2.11. The molecule has 1 aromatic heterocycles. The first kappa shape index (κ1) is 17.5. The smallest absolute Gasteiger partial charge is 0.359 e. The van der Waals surface area contributed by atoms with E-state index in [0.717, 1.165) is 10.8 Å². The van der Waals surface area contributed by atoms with Gasteiger partial charge in [0.05, 0.1) is 25.3 Å². The highest BCUT2D eigenvalue weighted by Crippen LogP contribution is 2.27. The van der Waals surface area contributed by atoms with Crippen molar-refractivity contribution < 1.29 is 19.1 Å². The average molecular weight is 375 g/mol. The van der Waals surface area contributed by atoms with Gasteiger partial charge in [0.25, 0.3) is 5.91 Å². The van der Waals surface area contributed by atoms with E-state index in [1.807, 2.05) is 30.3 Å². The van der Waals surface area contributed by atoms with E-state index in [1.165, 1.54) is 14.2 Å². The molecule has 0 radical (unpaired) electrons. The summed E-state index contributed by atoms with van der Waals surface area (Å²) in [6.45, 7) is 0. The molecule has 0 atom stereocenters. The second-order valence-electron chi connectivity index (χ2n) is 6.18. The van der Waals surface area contributed by atoms with E-state index in [4.69, 9.17) is 9.47 Å². The van der Waals surface area contributed by atoms with Gasteiger partial charge in [-0.1, -0.05) is 24.3 Å². The van der Waals surface area contributed by atoms with Crippen LogP contribution in [0.4, 0.5) is 5.69 Å². The third-order valence-electron chi connectivity index (χ3n) is 4.51. The number of fused-ring (bicyclic) bond motifs is 2. The molecule has 4 rings (SSSR count). The molecule has 4 aromatic rings. The van der Waals surface area contributed by atoms with Gasteiger partial charge in [0.15, 0.2) is 5.69 Å². The number of aromatic nitrogens is 2. The highest BCUT2D eigenvalue weighted by molar-refractivity contribution is 6.10. The zero-order valence-corrected chi connectivity index (χ0v) is 15.3. The van der Waals surface area contributed by atoms with Crippen LogP contribution in [0.3, 0.4) is 0 Å². The van der Waals surface area contributed by atoms with Crippen LogP contribution in [0.5, 0.6) is 5.75 Å². The van der Waals surface area contributed by atoms with Gasteiger partial charge in [-0.15, -0.1) is 0 Å². The van der Waals surface area contributed by atoms with Crippen LogP contribution in [0.2, 0.25) is 0 Å². The van der Waals surface area contributed by atoms with Crippen molar-refractivity contribution >= 4 is 39.2 Å². The Bertz CT molecular complexity index is 1210. The van der Waals surface area contributed by atoms with Crippen molar-refractivity contribution in [1.29, 1.82) is 0 Å². The molecule has 0 aliphatic rings. The zero-order valence-electron chi connectivity index (χ0n) is 15.3. The van der Waals surface area contributed by atoms with Crippen molar-refractivity contribution in [3.8, 4) is 5.75 Å². The summed E-state index contributed by atoms with van der Waals surface area (Å²) in [5.41, 5.74) is 1.78. The van der Waals surface area contributed by atoms with E-state index >= 15 is 0 Å². The molecule has 140 valence electrons. The highest BCUT2D eigenvalue weighted by atomic mass is 16.5. The Hall–Kier alpha value is -3.87. The van der Waals surface area contributed by atoms with E-state index in [-0.39, 0.29) is 11.6 Å². The Morgan fingerprint density at radius 2 is 1.75 bits per heavy atom. The van der Waals surface area contributed by atoms with Crippen LogP contribution >= 0.6 is 0 Å². The summed E-state index contributed by atoms with van der Waals surface area (Å²) in [6.07, 6.45) is 0. The van der Waals surface area contributed by atoms with E-state index < -0.39 is 5.97 Å². The number of esters is 1. The molecule has 1 heterocycles. The van der Waals surface area contributed by atoms with Crippen molar-refractivity contribution in [1.82, 2.24) is 10.2 Å². The summed E-state index contributed by atoms with van der Waals surface area (Å²) >= 11 is 0. The monoisotopic (exact) mass is 375 g/mol. The van der Waals surface area contributed by atoms with Gasteiger partial charge in [-0.2, -0.15) is 5.10 Å². The number of aromatic amines is 1. The van der Waals surface area contributed by atoms with Gasteiger partial charge in [-0.3, -0.25) is 9.89 Å². The molecule has 2 N–H and O–H groups in total. The number of anilines is 1. The van der Waals surface area contributed by atoms with Crippen LogP contribution in [0.1, 0.15) is 20.8 Å². The first-order valence-corrected chi connectivity index (χ1v) is 8.55. The van der Waals surface area contributed by atoms with E-state index in [0.29, 0.717) is 27.9 Å². The van der Waals surface area contributed by atoms with Gasteiger partial charge in [0, 0.05) is 11.1 Å². The number of hydrogen-bond acceptors (Lipinski definition) is 5. The molecule has 3 aromatic carbocycles. The minimum Gasteiger partial charge on any atom is -0.496 e. The number of ether oxygens (including phenoxy) is 2. The predicted octanol–water partition coefficient (Wildman–Crippen LogP) is 3.76. The molecular weight excluding hydrogens is 358 g/mol. The lowest BCUT2D eigenvalue weighted by Crippen LogP contribution is -2.13. The third-order valence-corrected chi connectivity index (χ3v) is 4.51. The van der Waals surface area contributed by atoms with Crippen LogP contribution in [0, 0.1) is 0 Å². The number of methoxy groups -OCH3 is 2. The van der Waals surface area contributed by atoms with Crippen molar-refractivity contribution in [2.24, 2.45) is 0 Å². The van der Waals surface area contributed by atoms with Crippen LogP contribution in [0.15, 0.2) is 54.6 Å². The topological polar surface area (TPSA) is 93.3 Å². The second-order valence-corrected chi connectivity index (χ2v) is 6.18. The normalized spacial score (nSPS) is 10.8. The maximum atomic E-state index is 12.9. The average Bonchev–Trinajstić information content (AvgIpc) is 3.15. The number of nitrogens with zero attached hydrogens (tertiary/aromatic N) is 1. The molecule has 0 bridgehead atoms. The third kappa shape index (κ3) is 3.03. The van der Waals surface area contributed by atoms with Crippen molar-refractivity contribution in [2.75, 3.05) is 19.5 Å². The summed E-state index contributed by atoms with van der Waals surface area (Å²) in [5, 5.41) is 12.1.